The standard InChI is InChI=1S/C14H18N2OS/c1-11-5-6-12(16-8-11)9-15-10-14(2,17)13-4-3-7-18-13/h3-8,15,17H,9-10H2,1-2H3. The average Bonchev–Trinajstić information content (AvgIpc) is 2.86. The molecule has 0 aromatic carbocycles. The van der Waals surface area contributed by atoms with Crippen LogP contribution in [0.15, 0.2) is 35.8 Å². The van der Waals surface area contributed by atoms with Gasteiger partial charge in [0.15, 0.2) is 0 Å². The van der Waals surface area contributed by atoms with Crippen molar-refractivity contribution >= 4 is 11.3 Å². The van der Waals surface area contributed by atoms with Crippen molar-refractivity contribution in [1.29, 1.82) is 0 Å². The van der Waals surface area contributed by atoms with Gasteiger partial charge in [0, 0.05) is 24.2 Å². The summed E-state index contributed by atoms with van der Waals surface area (Å²) in [4.78, 5) is 5.30. The summed E-state index contributed by atoms with van der Waals surface area (Å²) in [5, 5.41) is 15.5. The summed E-state index contributed by atoms with van der Waals surface area (Å²) < 4.78 is 0. The summed E-state index contributed by atoms with van der Waals surface area (Å²) in [5.41, 5.74) is 1.32. The van der Waals surface area contributed by atoms with Crippen molar-refractivity contribution in [2.45, 2.75) is 26.0 Å². The zero-order chi connectivity index (χ0) is 13.0. The fourth-order valence-electron chi connectivity index (χ4n) is 1.71. The molecule has 0 bridgehead atoms. The van der Waals surface area contributed by atoms with Gasteiger partial charge in [-0.2, -0.15) is 0 Å². The molecule has 0 saturated carbocycles. The number of nitrogens with one attached hydrogen (secondary N) is 1. The highest BCUT2D eigenvalue weighted by Gasteiger charge is 2.23. The highest BCUT2D eigenvalue weighted by Crippen LogP contribution is 2.24. The van der Waals surface area contributed by atoms with Gasteiger partial charge < -0.3 is 10.4 Å². The van der Waals surface area contributed by atoms with E-state index in [1.165, 1.54) is 0 Å². The highest BCUT2D eigenvalue weighted by molar-refractivity contribution is 7.10. The molecule has 0 aliphatic heterocycles. The molecule has 2 aromatic rings. The van der Waals surface area contributed by atoms with Gasteiger partial charge >= 0.3 is 0 Å². The molecule has 0 amide bonds. The molecule has 0 saturated heterocycles. The normalized spacial score (nSPS) is 14.4. The number of nitrogens with zero attached hydrogens (tertiary/aromatic N) is 1. The van der Waals surface area contributed by atoms with Crippen LogP contribution >= 0.6 is 11.3 Å². The Kier molecular flexibility index (Phi) is 4.11. The minimum absolute atomic E-state index is 0.517. The molecule has 0 radical (unpaired) electrons. The van der Waals surface area contributed by atoms with Crippen molar-refractivity contribution in [2.75, 3.05) is 6.54 Å². The van der Waals surface area contributed by atoms with E-state index >= 15 is 0 Å². The topological polar surface area (TPSA) is 45.1 Å². The van der Waals surface area contributed by atoms with E-state index in [1.54, 1.807) is 11.3 Å². The quantitative estimate of drug-likeness (QED) is 0.870. The Labute approximate surface area is 112 Å². The molecule has 18 heavy (non-hydrogen) atoms. The Balaban J connectivity index is 1.87. The maximum Gasteiger partial charge on any atom is 0.108 e. The minimum Gasteiger partial charge on any atom is -0.383 e. The van der Waals surface area contributed by atoms with Crippen LogP contribution in [0.1, 0.15) is 23.1 Å². The molecular weight excluding hydrogens is 244 g/mol. The van der Waals surface area contributed by atoms with Gasteiger partial charge in [-0.3, -0.25) is 4.98 Å². The smallest absolute Gasteiger partial charge is 0.108 e. The summed E-state index contributed by atoms with van der Waals surface area (Å²) in [6, 6.07) is 7.95. The zero-order valence-electron chi connectivity index (χ0n) is 10.7. The van der Waals surface area contributed by atoms with E-state index in [0.717, 1.165) is 16.1 Å². The van der Waals surface area contributed by atoms with E-state index < -0.39 is 5.60 Å². The fourth-order valence-corrected chi connectivity index (χ4v) is 2.50. The van der Waals surface area contributed by atoms with Crippen LogP contribution in [0.25, 0.3) is 0 Å². The predicted octanol–water partition coefficient (Wildman–Crippen LogP) is 2.45. The first-order valence-corrected chi connectivity index (χ1v) is 6.84. The molecular formula is C14H18N2OS. The Morgan fingerprint density at radius 3 is 2.83 bits per heavy atom. The number of aryl methyl sites for hydroxylation is 1. The lowest BCUT2D eigenvalue weighted by atomic mass is 10.1. The van der Waals surface area contributed by atoms with Crippen LogP contribution < -0.4 is 5.32 Å². The van der Waals surface area contributed by atoms with Gasteiger partial charge in [-0.1, -0.05) is 12.1 Å². The van der Waals surface area contributed by atoms with Gasteiger partial charge in [0.2, 0.25) is 0 Å². The molecule has 1 atom stereocenters. The van der Waals surface area contributed by atoms with Gasteiger partial charge in [-0.05, 0) is 36.9 Å². The number of pyridine rings is 1. The molecule has 0 fully saturated rings. The van der Waals surface area contributed by atoms with Gasteiger partial charge in [0.05, 0.1) is 5.69 Å². The second kappa shape index (κ2) is 5.61. The minimum atomic E-state index is -0.821. The van der Waals surface area contributed by atoms with Crippen LogP contribution in [0.5, 0.6) is 0 Å². The van der Waals surface area contributed by atoms with Gasteiger partial charge in [-0.15, -0.1) is 11.3 Å². The van der Waals surface area contributed by atoms with E-state index in [2.05, 4.69) is 10.3 Å². The van der Waals surface area contributed by atoms with Crippen molar-refractivity contribution in [3.63, 3.8) is 0 Å². The summed E-state index contributed by atoms with van der Waals surface area (Å²) >= 11 is 1.57. The summed E-state index contributed by atoms with van der Waals surface area (Å²) in [6.45, 7) is 5.03. The molecule has 4 heteroatoms. The predicted molar refractivity (Wildman–Crippen MR) is 74.6 cm³/mol. The lowest BCUT2D eigenvalue weighted by Crippen LogP contribution is -2.34. The van der Waals surface area contributed by atoms with Crippen molar-refractivity contribution < 1.29 is 5.11 Å². The number of rotatable bonds is 5. The van der Waals surface area contributed by atoms with E-state index in [-0.39, 0.29) is 0 Å². The maximum absolute atomic E-state index is 10.3. The summed E-state index contributed by atoms with van der Waals surface area (Å²) in [6.07, 6.45) is 1.86. The van der Waals surface area contributed by atoms with Crippen LogP contribution in [0, 0.1) is 6.92 Å². The first-order valence-electron chi connectivity index (χ1n) is 5.96. The van der Waals surface area contributed by atoms with Gasteiger partial charge in [0.25, 0.3) is 0 Å². The molecule has 96 valence electrons. The molecule has 2 rings (SSSR count). The first kappa shape index (κ1) is 13.2. The largest absolute Gasteiger partial charge is 0.383 e. The van der Waals surface area contributed by atoms with Crippen molar-refractivity contribution in [3.8, 4) is 0 Å². The SMILES string of the molecule is Cc1ccc(CNCC(C)(O)c2cccs2)nc1. The third-order valence-corrected chi connectivity index (χ3v) is 3.92. The van der Waals surface area contributed by atoms with Crippen molar-refractivity contribution in [3.05, 3.63) is 52.0 Å². The molecule has 2 heterocycles. The highest BCUT2D eigenvalue weighted by atomic mass is 32.1. The molecule has 2 N–H and O–H groups in total. The van der Waals surface area contributed by atoms with Crippen molar-refractivity contribution in [1.82, 2.24) is 10.3 Å². The third kappa shape index (κ3) is 3.38. The van der Waals surface area contributed by atoms with Crippen LogP contribution in [-0.2, 0) is 12.1 Å². The Hall–Kier alpha value is -1.23. The van der Waals surface area contributed by atoms with E-state index in [0.29, 0.717) is 13.1 Å². The number of hydrogen-bond acceptors (Lipinski definition) is 4. The Morgan fingerprint density at radius 1 is 1.39 bits per heavy atom. The Morgan fingerprint density at radius 2 is 2.22 bits per heavy atom. The molecule has 1 unspecified atom stereocenters. The molecule has 3 nitrogen and oxygen atoms in total. The maximum atomic E-state index is 10.3. The number of aliphatic hydroxyl groups is 1. The molecule has 0 spiro atoms. The number of hydrogen-bond donors (Lipinski definition) is 2. The second-order valence-electron chi connectivity index (χ2n) is 4.68. The lowest BCUT2D eigenvalue weighted by Gasteiger charge is -2.22. The molecule has 0 aliphatic rings. The number of thiophene rings is 1. The van der Waals surface area contributed by atoms with E-state index in [4.69, 9.17) is 0 Å². The third-order valence-electron chi connectivity index (χ3n) is 2.80. The van der Waals surface area contributed by atoms with E-state index in [9.17, 15) is 5.11 Å². The monoisotopic (exact) mass is 262 g/mol. The molecule has 2 aromatic heterocycles. The van der Waals surface area contributed by atoms with Crippen molar-refractivity contribution in [2.24, 2.45) is 0 Å². The van der Waals surface area contributed by atoms with Crippen LogP contribution in [0.3, 0.4) is 0 Å². The van der Waals surface area contributed by atoms with E-state index in [1.807, 2.05) is 49.7 Å². The lowest BCUT2D eigenvalue weighted by molar-refractivity contribution is 0.0603. The summed E-state index contributed by atoms with van der Waals surface area (Å²) in [7, 11) is 0. The van der Waals surface area contributed by atoms with Crippen LogP contribution in [0.2, 0.25) is 0 Å². The fraction of sp³-hybridized carbons (Fsp3) is 0.357. The zero-order valence-corrected chi connectivity index (χ0v) is 11.5. The average molecular weight is 262 g/mol. The molecule has 0 aliphatic carbocycles. The van der Waals surface area contributed by atoms with Gasteiger partial charge in [-0.25, -0.2) is 0 Å². The summed E-state index contributed by atoms with van der Waals surface area (Å²) in [5.74, 6) is 0. The van der Waals surface area contributed by atoms with Crippen LogP contribution in [0.4, 0.5) is 0 Å². The van der Waals surface area contributed by atoms with Gasteiger partial charge in [0.1, 0.15) is 5.60 Å². The second-order valence-corrected chi connectivity index (χ2v) is 5.63. The Bertz CT molecular complexity index is 477. The number of aromatic nitrogens is 1. The van der Waals surface area contributed by atoms with Crippen LogP contribution in [-0.4, -0.2) is 16.6 Å². The first-order chi connectivity index (χ1) is 8.58.